The number of nitrogens with two attached hydrogens (primary N) is 1. The van der Waals surface area contributed by atoms with Crippen molar-refractivity contribution in [2.24, 2.45) is 0 Å². The standard InChI is InChI=1S/C16H16N4/c1-12-5-7-13(8-6-12)10-20-11-14(17)16(19-20)15-4-2-3-9-18-15/h2-9,11H,10,17H2,1H3. The molecule has 0 fully saturated rings. The van der Waals surface area contributed by atoms with Gasteiger partial charge in [0.15, 0.2) is 0 Å². The van der Waals surface area contributed by atoms with Crippen molar-refractivity contribution >= 4 is 5.69 Å². The van der Waals surface area contributed by atoms with Crippen LogP contribution in [0.15, 0.2) is 54.9 Å². The van der Waals surface area contributed by atoms with Gasteiger partial charge < -0.3 is 5.73 Å². The minimum Gasteiger partial charge on any atom is -0.396 e. The molecular weight excluding hydrogens is 248 g/mol. The summed E-state index contributed by atoms with van der Waals surface area (Å²) in [4.78, 5) is 4.29. The summed E-state index contributed by atoms with van der Waals surface area (Å²) in [5, 5.41) is 4.53. The highest BCUT2D eigenvalue weighted by Gasteiger charge is 2.09. The van der Waals surface area contributed by atoms with Gasteiger partial charge in [-0.05, 0) is 24.6 Å². The summed E-state index contributed by atoms with van der Waals surface area (Å²) in [7, 11) is 0. The number of anilines is 1. The van der Waals surface area contributed by atoms with Crippen molar-refractivity contribution in [3.05, 3.63) is 66.0 Å². The van der Waals surface area contributed by atoms with E-state index in [2.05, 4.69) is 41.3 Å². The van der Waals surface area contributed by atoms with Gasteiger partial charge in [0.1, 0.15) is 5.69 Å². The summed E-state index contributed by atoms with van der Waals surface area (Å²) in [6.45, 7) is 2.78. The Kier molecular flexibility index (Phi) is 3.21. The second kappa shape index (κ2) is 5.17. The van der Waals surface area contributed by atoms with Crippen molar-refractivity contribution < 1.29 is 0 Å². The lowest BCUT2D eigenvalue weighted by Crippen LogP contribution is -2.00. The van der Waals surface area contributed by atoms with Crippen molar-refractivity contribution in [3.8, 4) is 11.4 Å². The quantitative estimate of drug-likeness (QED) is 0.791. The zero-order chi connectivity index (χ0) is 13.9. The van der Waals surface area contributed by atoms with Crippen molar-refractivity contribution in [2.45, 2.75) is 13.5 Å². The van der Waals surface area contributed by atoms with Crippen LogP contribution < -0.4 is 5.73 Å². The third kappa shape index (κ3) is 2.54. The van der Waals surface area contributed by atoms with Crippen molar-refractivity contribution in [2.75, 3.05) is 5.73 Å². The maximum atomic E-state index is 6.03. The predicted octanol–water partition coefficient (Wildman–Crippen LogP) is 2.88. The van der Waals surface area contributed by atoms with Gasteiger partial charge in [-0.25, -0.2) is 0 Å². The van der Waals surface area contributed by atoms with Gasteiger partial charge in [-0.3, -0.25) is 9.67 Å². The molecule has 1 aromatic carbocycles. The average molecular weight is 264 g/mol. The van der Waals surface area contributed by atoms with Crippen LogP contribution in [0.1, 0.15) is 11.1 Å². The fourth-order valence-electron chi connectivity index (χ4n) is 2.10. The van der Waals surface area contributed by atoms with Gasteiger partial charge in [-0.1, -0.05) is 35.9 Å². The van der Waals surface area contributed by atoms with Gasteiger partial charge in [0.2, 0.25) is 0 Å². The molecule has 0 amide bonds. The van der Waals surface area contributed by atoms with Crippen molar-refractivity contribution in [3.63, 3.8) is 0 Å². The van der Waals surface area contributed by atoms with Crippen LogP contribution in [0, 0.1) is 6.92 Å². The summed E-state index contributed by atoms with van der Waals surface area (Å²) in [5.74, 6) is 0. The highest BCUT2D eigenvalue weighted by molar-refractivity contribution is 5.68. The van der Waals surface area contributed by atoms with E-state index in [4.69, 9.17) is 5.73 Å². The number of hydrogen-bond donors (Lipinski definition) is 1. The lowest BCUT2D eigenvalue weighted by molar-refractivity contribution is 0.689. The summed E-state index contributed by atoms with van der Waals surface area (Å²) in [6, 6.07) is 14.1. The van der Waals surface area contributed by atoms with Gasteiger partial charge in [-0.15, -0.1) is 0 Å². The largest absolute Gasteiger partial charge is 0.396 e. The Hall–Kier alpha value is -2.62. The van der Waals surface area contributed by atoms with Gasteiger partial charge >= 0.3 is 0 Å². The number of aromatic nitrogens is 3. The molecule has 4 heteroatoms. The average Bonchev–Trinajstić information content (AvgIpc) is 2.83. The molecule has 0 aliphatic carbocycles. The van der Waals surface area contributed by atoms with Crippen LogP contribution in [-0.4, -0.2) is 14.8 Å². The molecule has 0 aliphatic rings. The van der Waals surface area contributed by atoms with Crippen LogP contribution in [0.3, 0.4) is 0 Å². The van der Waals surface area contributed by atoms with Crippen LogP contribution in [0.25, 0.3) is 11.4 Å². The number of pyridine rings is 1. The number of nitrogens with zero attached hydrogens (tertiary/aromatic N) is 3. The molecule has 0 radical (unpaired) electrons. The summed E-state index contributed by atoms with van der Waals surface area (Å²) >= 11 is 0. The van der Waals surface area contributed by atoms with Crippen molar-refractivity contribution in [1.82, 2.24) is 14.8 Å². The Morgan fingerprint density at radius 2 is 1.90 bits per heavy atom. The lowest BCUT2D eigenvalue weighted by atomic mass is 10.1. The van der Waals surface area contributed by atoms with Crippen LogP contribution >= 0.6 is 0 Å². The number of nitrogen functional groups attached to an aromatic ring is 1. The third-order valence-corrected chi connectivity index (χ3v) is 3.16. The molecule has 2 N–H and O–H groups in total. The number of aryl methyl sites for hydroxylation is 1. The van der Waals surface area contributed by atoms with E-state index in [1.165, 1.54) is 11.1 Å². The Bertz CT molecular complexity index is 699. The molecular formula is C16H16N4. The van der Waals surface area contributed by atoms with E-state index in [-0.39, 0.29) is 0 Å². The first-order valence-corrected chi connectivity index (χ1v) is 6.52. The molecule has 0 atom stereocenters. The van der Waals surface area contributed by atoms with E-state index in [1.54, 1.807) is 6.20 Å². The molecule has 0 spiro atoms. The van der Waals surface area contributed by atoms with E-state index in [0.29, 0.717) is 12.2 Å². The molecule has 3 rings (SSSR count). The lowest BCUT2D eigenvalue weighted by Gasteiger charge is -2.02. The fourth-order valence-corrected chi connectivity index (χ4v) is 2.10. The molecule has 2 aromatic heterocycles. The summed E-state index contributed by atoms with van der Waals surface area (Å²) in [5.41, 5.74) is 10.7. The number of benzene rings is 1. The maximum absolute atomic E-state index is 6.03. The van der Waals surface area contributed by atoms with Crippen LogP contribution in [-0.2, 0) is 6.54 Å². The highest BCUT2D eigenvalue weighted by atomic mass is 15.3. The molecule has 4 nitrogen and oxygen atoms in total. The zero-order valence-corrected chi connectivity index (χ0v) is 11.3. The molecule has 0 unspecified atom stereocenters. The number of rotatable bonds is 3. The minimum atomic E-state index is 0.649. The van der Waals surface area contributed by atoms with E-state index >= 15 is 0 Å². The Morgan fingerprint density at radius 3 is 2.60 bits per heavy atom. The van der Waals surface area contributed by atoms with Crippen LogP contribution in [0.2, 0.25) is 0 Å². The molecule has 0 saturated carbocycles. The maximum Gasteiger partial charge on any atom is 0.134 e. The molecule has 2 heterocycles. The van der Waals surface area contributed by atoms with E-state index < -0.39 is 0 Å². The second-order valence-electron chi connectivity index (χ2n) is 4.83. The van der Waals surface area contributed by atoms with Gasteiger partial charge in [0, 0.05) is 12.4 Å². The topological polar surface area (TPSA) is 56.7 Å². The van der Waals surface area contributed by atoms with E-state index in [1.807, 2.05) is 29.1 Å². The smallest absolute Gasteiger partial charge is 0.134 e. The monoisotopic (exact) mass is 264 g/mol. The first-order valence-electron chi connectivity index (χ1n) is 6.52. The van der Waals surface area contributed by atoms with Crippen LogP contribution in [0.4, 0.5) is 5.69 Å². The van der Waals surface area contributed by atoms with E-state index in [0.717, 1.165) is 11.4 Å². The molecule has 3 aromatic rings. The summed E-state index contributed by atoms with van der Waals surface area (Å²) < 4.78 is 1.85. The van der Waals surface area contributed by atoms with Crippen molar-refractivity contribution in [1.29, 1.82) is 0 Å². The first-order chi connectivity index (χ1) is 9.72. The fraction of sp³-hybridized carbons (Fsp3) is 0.125. The number of hydrogen-bond acceptors (Lipinski definition) is 3. The Morgan fingerprint density at radius 1 is 1.10 bits per heavy atom. The first kappa shape index (κ1) is 12.4. The summed E-state index contributed by atoms with van der Waals surface area (Å²) in [6.07, 6.45) is 3.59. The molecule has 0 aliphatic heterocycles. The molecule has 0 bridgehead atoms. The minimum absolute atomic E-state index is 0.649. The Labute approximate surface area is 117 Å². The SMILES string of the molecule is Cc1ccc(Cn2cc(N)c(-c3ccccn3)n2)cc1. The zero-order valence-electron chi connectivity index (χ0n) is 11.3. The Balaban J connectivity index is 1.87. The van der Waals surface area contributed by atoms with Gasteiger partial charge in [0.05, 0.1) is 17.9 Å². The van der Waals surface area contributed by atoms with Crippen LogP contribution in [0.5, 0.6) is 0 Å². The predicted molar refractivity (Wildman–Crippen MR) is 80.2 cm³/mol. The van der Waals surface area contributed by atoms with Gasteiger partial charge in [-0.2, -0.15) is 5.10 Å². The van der Waals surface area contributed by atoms with E-state index in [9.17, 15) is 0 Å². The third-order valence-electron chi connectivity index (χ3n) is 3.16. The molecule has 0 saturated heterocycles. The molecule has 20 heavy (non-hydrogen) atoms. The normalized spacial score (nSPS) is 10.7. The van der Waals surface area contributed by atoms with Gasteiger partial charge in [0.25, 0.3) is 0 Å². The molecule has 100 valence electrons. The second-order valence-corrected chi connectivity index (χ2v) is 4.83. The highest BCUT2D eigenvalue weighted by Crippen LogP contribution is 2.21.